The molecule has 5 heteroatoms. The maximum absolute atomic E-state index is 11.1. The molecule has 1 amide bonds. The normalized spacial score (nSPS) is 10.3. The predicted octanol–water partition coefficient (Wildman–Crippen LogP) is 3.38. The summed E-state index contributed by atoms with van der Waals surface area (Å²) in [4.78, 5) is 12.4. The lowest BCUT2D eigenvalue weighted by Gasteiger charge is -2.18. The van der Waals surface area contributed by atoms with E-state index in [0.29, 0.717) is 25.9 Å². The molecule has 0 radical (unpaired) electrons. The second-order valence-corrected chi connectivity index (χ2v) is 5.16. The average molecular weight is 315 g/mol. The highest BCUT2D eigenvalue weighted by molar-refractivity contribution is 5.64. The van der Waals surface area contributed by atoms with Crippen molar-refractivity contribution < 1.29 is 19.7 Å². The van der Waals surface area contributed by atoms with Crippen LogP contribution in [0.4, 0.5) is 4.79 Å². The summed E-state index contributed by atoms with van der Waals surface area (Å²) in [7, 11) is 0. The fraction of sp³-hybridized carbons (Fsp3) is 0.278. The number of hydrogen-bond donors (Lipinski definition) is 2. The molecule has 0 aliphatic carbocycles. The molecule has 0 spiro atoms. The van der Waals surface area contributed by atoms with Crippen molar-refractivity contribution in [3.8, 4) is 11.5 Å². The molecule has 0 fully saturated rings. The number of carbonyl (C=O) groups is 1. The fourth-order valence-electron chi connectivity index (χ4n) is 2.18. The van der Waals surface area contributed by atoms with Crippen LogP contribution < -0.4 is 4.74 Å². The number of benzene rings is 2. The van der Waals surface area contributed by atoms with E-state index in [0.717, 1.165) is 17.1 Å². The Hall–Kier alpha value is -2.53. The van der Waals surface area contributed by atoms with Crippen LogP contribution in [0.25, 0.3) is 0 Å². The van der Waals surface area contributed by atoms with Crippen molar-refractivity contribution in [2.75, 3.05) is 19.7 Å². The van der Waals surface area contributed by atoms with Crippen molar-refractivity contribution in [3.63, 3.8) is 0 Å². The van der Waals surface area contributed by atoms with Crippen LogP contribution in [0.15, 0.2) is 54.6 Å². The van der Waals surface area contributed by atoms with E-state index in [1.165, 1.54) is 4.90 Å². The third-order valence-corrected chi connectivity index (χ3v) is 3.43. The second kappa shape index (κ2) is 8.80. The highest BCUT2D eigenvalue weighted by atomic mass is 16.5. The van der Waals surface area contributed by atoms with Gasteiger partial charge in [-0.2, -0.15) is 0 Å². The number of aliphatic hydroxyl groups is 1. The second-order valence-electron chi connectivity index (χ2n) is 5.16. The number of nitrogens with zero attached hydrogens (tertiary/aromatic N) is 1. The summed E-state index contributed by atoms with van der Waals surface area (Å²) in [5.74, 6) is 1.52. The minimum absolute atomic E-state index is 0.00466. The number of hydrogen-bond acceptors (Lipinski definition) is 3. The summed E-state index contributed by atoms with van der Waals surface area (Å²) in [6.07, 6.45) is 0.127. The van der Waals surface area contributed by atoms with Gasteiger partial charge in [-0.25, -0.2) is 4.79 Å². The van der Waals surface area contributed by atoms with Crippen LogP contribution in [0.3, 0.4) is 0 Å². The summed E-state index contributed by atoms with van der Waals surface area (Å²) < 4.78 is 5.72. The van der Waals surface area contributed by atoms with E-state index in [1.54, 1.807) is 0 Å². The van der Waals surface area contributed by atoms with Gasteiger partial charge < -0.3 is 19.8 Å². The van der Waals surface area contributed by atoms with Crippen molar-refractivity contribution in [3.05, 3.63) is 60.2 Å². The zero-order valence-electron chi connectivity index (χ0n) is 12.9. The number of carboxylic acid groups (broad SMARTS) is 1. The number of aliphatic hydroxyl groups excluding tert-OH is 1. The Balaban J connectivity index is 1.88. The first-order chi connectivity index (χ1) is 11.2. The molecule has 0 atom stereocenters. The van der Waals surface area contributed by atoms with Crippen molar-refractivity contribution in [2.24, 2.45) is 0 Å². The topological polar surface area (TPSA) is 70.0 Å². The monoisotopic (exact) mass is 315 g/mol. The van der Waals surface area contributed by atoms with E-state index in [2.05, 4.69) is 0 Å². The smallest absolute Gasteiger partial charge is 0.407 e. The largest absolute Gasteiger partial charge is 0.465 e. The lowest BCUT2D eigenvalue weighted by Crippen LogP contribution is -2.32. The molecule has 23 heavy (non-hydrogen) atoms. The van der Waals surface area contributed by atoms with Crippen LogP contribution in [0.1, 0.15) is 12.0 Å². The molecule has 0 aliphatic heterocycles. The third kappa shape index (κ3) is 5.64. The molecule has 2 aromatic carbocycles. The van der Waals surface area contributed by atoms with Gasteiger partial charge in [0.05, 0.1) is 0 Å². The Morgan fingerprint density at radius 3 is 2.22 bits per heavy atom. The minimum atomic E-state index is -0.956. The Morgan fingerprint density at radius 1 is 0.957 bits per heavy atom. The van der Waals surface area contributed by atoms with E-state index < -0.39 is 6.09 Å². The van der Waals surface area contributed by atoms with Gasteiger partial charge in [0.25, 0.3) is 0 Å². The van der Waals surface area contributed by atoms with Crippen molar-refractivity contribution in [1.29, 1.82) is 0 Å². The number of para-hydroxylation sites is 1. The highest BCUT2D eigenvalue weighted by Gasteiger charge is 2.10. The Kier molecular flexibility index (Phi) is 6.44. The molecule has 5 nitrogen and oxygen atoms in total. The van der Waals surface area contributed by atoms with Gasteiger partial charge in [0.1, 0.15) is 11.5 Å². The van der Waals surface area contributed by atoms with Gasteiger partial charge >= 0.3 is 6.09 Å². The maximum atomic E-state index is 11.1. The summed E-state index contributed by atoms with van der Waals surface area (Å²) in [6.45, 7) is 0.755. The molecule has 122 valence electrons. The lowest BCUT2D eigenvalue weighted by molar-refractivity contribution is 0.141. The minimum Gasteiger partial charge on any atom is -0.465 e. The molecule has 0 saturated carbocycles. The van der Waals surface area contributed by atoms with Gasteiger partial charge in [0.2, 0.25) is 0 Å². The van der Waals surface area contributed by atoms with E-state index in [-0.39, 0.29) is 6.61 Å². The van der Waals surface area contributed by atoms with E-state index in [9.17, 15) is 4.79 Å². The van der Waals surface area contributed by atoms with Gasteiger partial charge in [0.15, 0.2) is 0 Å². The zero-order valence-corrected chi connectivity index (χ0v) is 12.9. The summed E-state index contributed by atoms with van der Waals surface area (Å²) in [6, 6.07) is 17.2. The predicted molar refractivity (Wildman–Crippen MR) is 88.0 cm³/mol. The van der Waals surface area contributed by atoms with Gasteiger partial charge in [0, 0.05) is 19.7 Å². The SMILES string of the molecule is O=C(O)N(CCCO)CCc1ccc(Oc2ccccc2)cc1. The average Bonchev–Trinajstić information content (AvgIpc) is 2.57. The molecule has 0 aromatic heterocycles. The summed E-state index contributed by atoms with van der Waals surface area (Å²) in [5.41, 5.74) is 1.04. The molecule has 2 N–H and O–H groups in total. The summed E-state index contributed by atoms with van der Waals surface area (Å²) >= 11 is 0. The third-order valence-electron chi connectivity index (χ3n) is 3.43. The molecule has 0 aliphatic rings. The molecule has 2 aromatic rings. The molecule has 0 heterocycles. The standard InChI is InChI=1S/C18H21NO4/c20-14-4-12-19(18(21)22)13-11-15-7-9-17(10-8-15)23-16-5-2-1-3-6-16/h1-3,5-10,20H,4,11-14H2,(H,21,22). The van der Waals surface area contributed by atoms with Crippen LogP contribution in [0.5, 0.6) is 11.5 Å². The molecule has 0 saturated heterocycles. The Bertz CT molecular complexity index is 598. The quantitative estimate of drug-likeness (QED) is 0.783. The van der Waals surface area contributed by atoms with Crippen LogP contribution in [0.2, 0.25) is 0 Å². The first-order valence-electron chi connectivity index (χ1n) is 7.59. The first-order valence-corrected chi connectivity index (χ1v) is 7.59. The van der Waals surface area contributed by atoms with Gasteiger partial charge in [-0.3, -0.25) is 0 Å². The van der Waals surface area contributed by atoms with Crippen LogP contribution in [-0.4, -0.2) is 40.9 Å². The van der Waals surface area contributed by atoms with Crippen molar-refractivity contribution in [1.82, 2.24) is 4.90 Å². The van der Waals surface area contributed by atoms with Gasteiger partial charge in [-0.15, -0.1) is 0 Å². The van der Waals surface area contributed by atoms with Crippen molar-refractivity contribution in [2.45, 2.75) is 12.8 Å². The zero-order chi connectivity index (χ0) is 16.5. The molecular weight excluding hydrogens is 294 g/mol. The fourth-order valence-corrected chi connectivity index (χ4v) is 2.18. The lowest BCUT2D eigenvalue weighted by atomic mass is 10.1. The number of rotatable bonds is 8. The molecule has 2 rings (SSSR count). The van der Waals surface area contributed by atoms with E-state index >= 15 is 0 Å². The summed E-state index contributed by atoms with van der Waals surface area (Å²) in [5, 5.41) is 17.9. The Morgan fingerprint density at radius 2 is 1.61 bits per heavy atom. The van der Waals surface area contributed by atoms with Crippen LogP contribution >= 0.6 is 0 Å². The molecule has 0 unspecified atom stereocenters. The molecule has 0 bridgehead atoms. The van der Waals surface area contributed by atoms with Gasteiger partial charge in [-0.05, 0) is 42.7 Å². The highest BCUT2D eigenvalue weighted by Crippen LogP contribution is 2.21. The van der Waals surface area contributed by atoms with Gasteiger partial charge in [-0.1, -0.05) is 30.3 Å². The number of ether oxygens (including phenoxy) is 1. The first kappa shape index (κ1) is 16.8. The van der Waals surface area contributed by atoms with Crippen LogP contribution in [0, 0.1) is 0 Å². The van der Waals surface area contributed by atoms with Crippen molar-refractivity contribution >= 4 is 6.09 Å². The van der Waals surface area contributed by atoms with E-state index in [4.69, 9.17) is 14.9 Å². The van der Waals surface area contributed by atoms with E-state index in [1.807, 2.05) is 54.6 Å². The molecular formula is C18H21NO4. The Labute approximate surface area is 135 Å². The number of amides is 1. The maximum Gasteiger partial charge on any atom is 0.407 e. The van der Waals surface area contributed by atoms with Crippen LogP contribution in [-0.2, 0) is 6.42 Å².